The van der Waals surface area contributed by atoms with Gasteiger partial charge in [0.05, 0.1) is 16.2 Å². The van der Waals surface area contributed by atoms with Crippen molar-refractivity contribution in [3.8, 4) is 6.07 Å². The third-order valence-electron chi connectivity index (χ3n) is 3.40. The van der Waals surface area contributed by atoms with E-state index in [1.165, 1.54) is 18.2 Å². The lowest BCUT2D eigenvalue weighted by Gasteiger charge is -2.25. The summed E-state index contributed by atoms with van der Waals surface area (Å²) in [5.74, 6) is 0. The Balaban J connectivity index is 2.20. The minimum Gasteiger partial charge on any atom is -0.384 e. The summed E-state index contributed by atoms with van der Waals surface area (Å²) in [6.07, 6.45) is 0. The summed E-state index contributed by atoms with van der Waals surface area (Å²) in [5.41, 5.74) is -0.201. The first-order valence-corrected chi connectivity index (χ1v) is 7.12. The van der Waals surface area contributed by atoms with Crippen molar-refractivity contribution in [1.29, 1.82) is 5.26 Å². The van der Waals surface area contributed by atoms with Gasteiger partial charge in [0.15, 0.2) is 0 Å². The highest BCUT2D eigenvalue weighted by atomic mass is 35.5. The van der Waals surface area contributed by atoms with Gasteiger partial charge in [-0.25, -0.2) is 0 Å². The van der Waals surface area contributed by atoms with E-state index in [4.69, 9.17) is 16.9 Å². The van der Waals surface area contributed by atoms with Gasteiger partial charge >= 0.3 is 0 Å². The first-order chi connectivity index (χ1) is 10.8. The number of anilines is 1. The molecule has 2 N–H and O–H groups in total. The molecule has 0 heterocycles. The molecule has 2 rings (SSSR count). The molecule has 0 aliphatic heterocycles. The molecule has 0 fully saturated rings. The Morgan fingerprint density at radius 3 is 2.74 bits per heavy atom. The molecule has 0 radical (unpaired) electrons. The van der Waals surface area contributed by atoms with E-state index in [-0.39, 0.29) is 17.8 Å². The summed E-state index contributed by atoms with van der Waals surface area (Å²) in [7, 11) is 0. The number of aliphatic hydroxyl groups is 1. The first kappa shape index (κ1) is 16.7. The third kappa shape index (κ3) is 3.97. The largest absolute Gasteiger partial charge is 0.384 e. The summed E-state index contributed by atoms with van der Waals surface area (Å²) in [6.45, 7) is 1.73. The zero-order chi connectivity index (χ0) is 17.0. The molecule has 0 aliphatic carbocycles. The second kappa shape index (κ2) is 6.65. The zero-order valence-electron chi connectivity index (χ0n) is 12.3. The Kier molecular flexibility index (Phi) is 4.84. The van der Waals surface area contributed by atoms with Crippen LogP contribution in [0.25, 0.3) is 0 Å². The molecule has 0 aromatic heterocycles. The standard InChI is InChI=1S/C16H14ClN3O3/c1-16(21,12-3-2-4-13(17)8-12)10-19-15-6-5-14(20(22)23)7-11(15)9-18/h2-8,19,21H,10H2,1H3. The van der Waals surface area contributed by atoms with E-state index in [1.54, 1.807) is 31.2 Å². The molecule has 118 valence electrons. The maximum atomic E-state index is 10.7. The highest BCUT2D eigenvalue weighted by Gasteiger charge is 2.23. The smallest absolute Gasteiger partial charge is 0.270 e. The van der Waals surface area contributed by atoms with E-state index in [0.29, 0.717) is 16.3 Å². The second-order valence-corrected chi connectivity index (χ2v) is 5.67. The zero-order valence-corrected chi connectivity index (χ0v) is 13.0. The van der Waals surface area contributed by atoms with Crippen LogP contribution in [0.15, 0.2) is 42.5 Å². The predicted molar refractivity (Wildman–Crippen MR) is 87.3 cm³/mol. The first-order valence-electron chi connectivity index (χ1n) is 6.74. The van der Waals surface area contributed by atoms with Crippen molar-refractivity contribution in [2.24, 2.45) is 0 Å². The summed E-state index contributed by atoms with van der Waals surface area (Å²) < 4.78 is 0. The van der Waals surface area contributed by atoms with Gasteiger partial charge < -0.3 is 10.4 Å². The van der Waals surface area contributed by atoms with Crippen LogP contribution >= 0.6 is 11.6 Å². The van der Waals surface area contributed by atoms with Gasteiger partial charge in [-0.05, 0) is 30.7 Å². The highest BCUT2D eigenvalue weighted by Crippen LogP contribution is 2.26. The van der Waals surface area contributed by atoms with E-state index in [0.717, 1.165) is 0 Å². The van der Waals surface area contributed by atoms with Gasteiger partial charge in [-0.1, -0.05) is 23.7 Å². The van der Waals surface area contributed by atoms with E-state index >= 15 is 0 Å². The van der Waals surface area contributed by atoms with Crippen LogP contribution in [0.5, 0.6) is 0 Å². The number of benzene rings is 2. The van der Waals surface area contributed by atoms with Gasteiger partial charge in [0, 0.05) is 23.7 Å². The fraction of sp³-hybridized carbons (Fsp3) is 0.188. The summed E-state index contributed by atoms with van der Waals surface area (Å²) in [6, 6.07) is 12.7. The highest BCUT2D eigenvalue weighted by molar-refractivity contribution is 6.30. The molecule has 2 aromatic carbocycles. The second-order valence-electron chi connectivity index (χ2n) is 5.24. The maximum absolute atomic E-state index is 10.7. The molecule has 0 saturated carbocycles. The molecule has 1 atom stereocenters. The number of hydrogen-bond donors (Lipinski definition) is 2. The Morgan fingerprint density at radius 2 is 2.13 bits per heavy atom. The molecular weight excluding hydrogens is 318 g/mol. The van der Waals surface area contributed by atoms with Crippen molar-refractivity contribution >= 4 is 23.0 Å². The molecular formula is C16H14ClN3O3. The quantitative estimate of drug-likeness (QED) is 0.645. The van der Waals surface area contributed by atoms with E-state index in [9.17, 15) is 15.2 Å². The SMILES string of the molecule is CC(O)(CNc1ccc([N+](=O)[O-])cc1C#N)c1cccc(Cl)c1. The van der Waals surface area contributed by atoms with Crippen LogP contribution in [0.1, 0.15) is 18.1 Å². The van der Waals surface area contributed by atoms with Crippen LogP contribution in [0.2, 0.25) is 5.02 Å². The molecule has 0 saturated heterocycles. The molecule has 23 heavy (non-hydrogen) atoms. The van der Waals surface area contributed by atoms with Crippen molar-refractivity contribution in [2.75, 3.05) is 11.9 Å². The van der Waals surface area contributed by atoms with Crippen molar-refractivity contribution in [3.63, 3.8) is 0 Å². The van der Waals surface area contributed by atoms with Crippen LogP contribution in [-0.4, -0.2) is 16.6 Å². The van der Waals surface area contributed by atoms with Crippen LogP contribution < -0.4 is 5.32 Å². The molecule has 0 amide bonds. The van der Waals surface area contributed by atoms with Crippen molar-refractivity contribution in [3.05, 3.63) is 68.7 Å². The summed E-state index contributed by atoms with van der Waals surface area (Å²) in [5, 5.41) is 33.9. The van der Waals surface area contributed by atoms with Gasteiger partial charge in [0.25, 0.3) is 5.69 Å². The number of nitriles is 1. The van der Waals surface area contributed by atoms with Crippen LogP contribution in [0.4, 0.5) is 11.4 Å². The van der Waals surface area contributed by atoms with Gasteiger partial charge in [-0.3, -0.25) is 10.1 Å². The number of hydrogen-bond acceptors (Lipinski definition) is 5. The fourth-order valence-electron chi connectivity index (χ4n) is 2.09. The monoisotopic (exact) mass is 331 g/mol. The minimum absolute atomic E-state index is 0.111. The van der Waals surface area contributed by atoms with E-state index in [1.807, 2.05) is 6.07 Å². The topological polar surface area (TPSA) is 99.2 Å². The lowest BCUT2D eigenvalue weighted by atomic mass is 9.96. The fourth-order valence-corrected chi connectivity index (χ4v) is 2.28. The maximum Gasteiger partial charge on any atom is 0.270 e. The number of nitro benzene ring substituents is 1. The number of nitrogens with one attached hydrogen (secondary N) is 1. The van der Waals surface area contributed by atoms with Gasteiger partial charge in [0.2, 0.25) is 0 Å². The Hall–Kier alpha value is -2.62. The van der Waals surface area contributed by atoms with E-state index < -0.39 is 10.5 Å². The lowest BCUT2D eigenvalue weighted by molar-refractivity contribution is -0.384. The number of nitrogens with zero attached hydrogens (tertiary/aromatic N) is 2. The van der Waals surface area contributed by atoms with Crippen LogP contribution in [-0.2, 0) is 5.60 Å². The summed E-state index contributed by atoms with van der Waals surface area (Å²) >= 11 is 5.92. The molecule has 0 spiro atoms. The van der Waals surface area contributed by atoms with Crippen LogP contribution in [0.3, 0.4) is 0 Å². The third-order valence-corrected chi connectivity index (χ3v) is 3.64. The van der Waals surface area contributed by atoms with Crippen molar-refractivity contribution in [2.45, 2.75) is 12.5 Å². The van der Waals surface area contributed by atoms with E-state index in [2.05, 4.69) is 5.32 Å². The minimum atomic E-state index is -1.22. The Bertz CT molecular complexity index is 784. The average Bonchev–Trinajstić information content (AvgIpc) is 2.52. The van der Waals surface area contributed by atoms with Crippen molar-refractivity contribution < 1.29 is 10.0 Å². The number of non-ortho nitro benzene ring substituents is 1. The molecule has 7 heteroatoms. The van der Waals surface area contributed by atoms with Crippen molar-refractivity contribution in [1.82, 2.24) is 0 Å². The number of halogens is 1. The molecule has 0 bridgehead atoms. The predicted octanol–water partition coefficient (Wildman–Crippen LogP) is 3.44. The van der Waals surface area contributed by atoms with Gasteiger partial charge in [0.1, 0.15) is 11.7 Å². The molecule has 0 aliphatic rings. The Labute approximate surface area is 138 Å². The normalized spacial score (nSPS) is 13.0. The van der Waals surface area contributed by atoms with Gasteiger partial charge in [-0.2, -0.15) is 5.26 Å². The molecule has 2 aromatic rings. The van der Waals surface area contributed by atoms with Crippen LogP contribution in [0, 0.1) is 21.4 Å². The lowest BCUT2D eigenvalue weighted by Crippen LogP contribution is -2.30. The molecule has 6 nitrogen and oxygen atoms in total. The number of nitro groups is 1. The number of rotatable bonds is 5. The molecule has 1 unspecified atom stereocenters. The van der Waals surface area contributed by atoms with Gasteiger partial charge in [-0.15, -0.1) is 0 Å². The summed E-state index contributed by atoms with van der Waals surface area (Å²) in [4.78, 5) is 10.2. The average molecular weight is 332 g/mol. The Morgan fingerprint density at radius 1 is 1.39 bits per heavy atom.